The molecule has 0 saturated carbocycles. The van der Waals surface area contributed by atoms with Crippen LogP contribution in [-0.2, 0) is 23.1 Å². The van der Waals surface area contributed by atoms with Crippen molar-refractivity contribution in [3.8, 4) is 5.75 Å². The first-order valence-electron chi connectivity index (χ1n) is 10.5. The molecular formula is C25H28N2O4S. The highest BCUT2D eigenvalue weighted by Gasteiger charge is 2.23. The summed E-state index contributed by atoms with van der Waals surface area (Å²) in [7, 11) is -2.40. The highest BCUT2D eigenvalue weighted by Crippen LogP contribution is 2.26. The van der Waals surface area contributed by atoms with Crippen molar-refractivity contribution in [1.29, 1.82) is 0 Å². The Morgan fingerprint density at radius 2 is 1.47 bits per heavy atom. The SMILES string of the molecule is CCCNS(=O)(=O)c1cc(C(=O)N(Cc2ccccc2)Cc2ccccc2)ccc1OC. The number of ether oxygens (including phenoxy) is 1. The number of nitrogens with one attached hydrogen (secondary N) is 1. The standard InChI is InChI=1S/C25H28N2O4S/c1-3-16-26-32(29,30)24-17-22(14-15-23(24)31-2)25(28)27(18-20-10-6-4-7-11-20)19-21-12-8-5-9-13-21/h4-15,17,26H,3,16,18-19H2,1-2H3. The van der Waals surface area contributed by atoms with Crippen LogP contribution in [0.1, 0.15) is 34.8 Å². The van der Waals surface area contributed by atoms with Crippen LogP contribution in [0.25, 0.3) is 0 Å². The molecule has 0 bridgehead atoms. The smallest absolute Gasteiger partial charge is 0.254 e. The molecule has 0 fully saturated rings. The third-order valence-electron chi connectivity index (χ3n) is 4.96. The molecule has 0 aliphatic rings. The van der Waals surface area contributed by atoms with Gasteiger partial charge in [-0.1, -0.05) is 67.6 Å². The number of nitrogens with zero attached hydrogens (tertiary/aromatic N) is 1. The van der Waals surface area contributed by atoms with E-state index in [9.17, 15) is 13.2 Å². The quantitative estimate of drug-likeness (QED) is 0.500. The minimum absolute atomic E-state index is 0.0429. The fourth-order valence-electron chi connectivity index (χ4n) is 3.32. The zero-order valence-electron chi connectivity index (χ0n) is 18.3. The summed E-state index contributed by atoms with van der Waals surface area (Å²) in [6.07, 6.45) is 0.655. The predicted octanol–water partition coefficient (Wildman–Crippen LogP) is 4.23. The van der Waals surface area contributed by atoms with Crippen LogP contribution in [0.5, 0.6) is 5.75 Å². The number of sulfonamides is 1. The second kappa shape index (κ2) is 10.9. The fraction of sp³-hybridized carbons (Fsp3) is 0.240. The number of benzene rings is 3. The van der Waals surface area contributed by atoms with Crippen molar-refractivity contribution in [1.82, 2.24) is 9.62 Å². The van der Waals surface area contributed by atoms with Crippen molar-refractivity contribution < 1.29 is 17.9 Å². The van der Waals surface area contributed by atoms with Gasteiger partial charge in [0, 0.05) is 25.2 Å². The Bertz CT molecular complexity index is 1090. The normalized spacial score (nSPS) is 11.2. The van der Waals surface area contributed by atoms with Crippen LogP contribution < -0.4 is 9.46 Å². The minimum atomic E-state index is -3.81. The van der Waals surface area contributed by atoms with Crippen LogP contribution in [-0.4, -0.2) is 32.9 Å². The Morgan fingerprint density at radius 3 is 1.97 bits per heavy atom. The maximum atomic E-state index is 13.5. The summed E-state index contributed by atoms with van der Waals surface area (Å²) in [4.78, 5) is 15.2. The first-order chi connectivity index (χ1) is 15.4. The van der Waals surface area contributed by atoms with Gasteiger partial charge in [-0.3, -0.25) is 4.79 Å². The second-order valence-electron chi connectivity index (χ2n) is 7.40. The van der Waals surface area contributed by atoms with E-state index in [2.05, 4.69) is 4.72 Å². The van der Waals surface area contributed by atoms with Crippen LogP contribution >= 0.6 is 0 Å². The van der Waals surface area contributed by atoms with Crippen molar-refractivity contribution in [3.63, 3.8) is 0 Å². The van der Waals surface area contributed by atoms with E-state index in [-0.39, 0.29) is 22.1 Å². The Morgan fingerprint density at radius 1 is 0.906 bits per heavy atom. The molecule has 7 heteroatoms. The van der Waals surface area contributed by atoms with Gasteiger partial charge in [-0.25, -0.2) is 13.1 Å². The van der Waals surface area contributed by atoms with E-state index in [1.807, 2.05) is 67.6 Å². The molecule has 0 heterocycles. The second-order valence-corrected chi connectivity index (χ2v) is 9.13. The number of hydrogen-bond donors (Lipinski definition) is 1. The van der Waals surface area contributed by atoms with E-state index in [4.69, 9.17) is 4.74 Å². The summed E-state index contributed by atoms with van der Waals surface area (Å²) in [5.41, 5.74) is 2.26. The highest BCUT2D eigenvalue weighted by atomic mass is 32.2. The van der Waals surface area contributed by atoms with E-state index in [0.29, 0.717) is 26.1 Å². The van der Waals surface area contributed by atoms with Crippen molar-refractivity contribution in [2.75, 3.05) is 13.7 Å². The molecule has 1 N–H and O–H groups in total. The molecule has 0 aliphatic carbocycles. The van der Waals surface area contributed by atoms with Crippen LogP contribution in [0, 0.1) is 0 Å². The molecule has 1 amide bonds. The number of amides is 1. The molecule has 3 rings (SSSR count). The molecule has 0 aromatic heterocycles. The number of rotatable bonds is 10. The molecule has 6 nitrogen and oxygen atoms in total. The number of carbonyl (C=O) groups is 1. The summed E-state index contributed by atoms with van der Waals surface area (Å²) in [6, 6.07) is 23.9. The number of carbonyl (C=O) groups excluding carboxylic acids is 1. The van der Waals surface area contributed by atoms with Gasteiger partial charge in [0.15, 0.2) is 0 Å². The summed E-state index contributed by atoms with van der Waals surface area (Å²) in [5, 5.41) is 0. The molecule has 0 radical (unpaired) electrons. The Balaban J connectivity index is 1.96. The maximum absolute atomic E-state index is 13.5. The Hall–Kier alpha value is -3.16. The maximum Gasteiger partial charge on any atom is 0.254 e. The van der Waals surface area contributed by atoms with Gasteiger partial charge in [0.1, 0.15) is 10.6 Å². The molecule has 0 atom stereocenters. The van der Waals surface area contributed by atoms with E-state index in [1.54, 1.807) is 11.0 Å². The van der Waals surface area contributed by atoms with Gasteiger partial charge < -0.3 is 9.64 Å². The van der Waals surface area contributed by atoms with E-state index >= 15 is 0 Å². The average Bonchev–Trinajstić information content (AvgIpc) is 2.83. The lowest BCUT2D eigenvalue weighted by atomic mass is 10.1. The molecule has 0 saturated heterocycles. The minimum Gasteiger partial charge on any atom is -0.495 e. The van der Waals surface area contributed by atoms with E-state index in [1.165, 1.54) is 19.2 Å². The van der Waals surface area contributed by atoms with Crippen LogP contribution in [0.3, 0.4) is 0 Å². The van der Waals surface area contributed by atoms with Gasteiger partial charge in [0.05, 0.1) is 7.11 Å². The van der Waals surface area contributed by atoms with Gasteiger partial charge in [-0.05, 0) is 35.7 Å². The largest absolute Gasteiger partial charge is 0.495 e. The zero-order valence-corrected chi connectivity index (χ0v) is 19.1. The predicted molar refractivity (Wildman–Crippen MR) is 125 cm³/mol. The molecular weight excluding hydrogens is 424 g/mol. The summed E-state index contributed by atoms with van der Waals surface area (Å²) in [5.74, 6) is -0.0601. The Labute approximate surface area is 189 Å². The topological polar surface area (TPSA) is 75.7 Å². The first kappa shape index (κ1) is 23.5. The van der Waals surface area contributed by atoms with Crippen LogP contribution in [0.15, 0.2) is 83.8 Å². The van der Waals surface area contributed by atoms with Gasteiger partial charge in [-0.15, -0.1) is 0 Å². The summed E-state index contributed by atoms with van der Waals surface area (Å²) in [6.45, 7) is 2.98. The third-order valence-corrected chi connectivity index (χ3v) is 6.44. The van der Waals surface area contributed by atoms with Crippen molar-refractivity contribution >= 4 is 15.9 Å². The molecule has 0 unspecified atom stereocenters. The lowest BCUT2D eigenvalue weighted by Crippen LogP contribution is -2.31. The monoisotopic (exact) mass is 452 g/mol. The van der Waals surface area contributed by atoms with Crippen LogP contribution in [0.4, 0.5) is 0 Å². The molecule has 0 spiro atoms. The lowest BCUT2D eigenvalue weighted by molar-refractivity contribution is 0.0729. The fourth-order valence-corrected chi connectivity index (χ4v) is 4.65. The number of hydrogen-bond acceptors (Lipinski definition) is 4. The third kappa shape index (κ3) is 5.96. The van der Waals surface area contributed by atoms with Crippen molar-refractivity contribution in [3.05, 3.63) is 95.6 Å². The van der Waals surface area contributed by atoms with Gasteiger partial charge in [0.25, 0.3) is 5.91 Å². The first-order valence-corrected chi connectivity index (χ1v) is 12.0. The van der Waals surface area contributed by atoms with Gasteiger partial charge in [0.2, 0.25) is 10.0 Å². The molecule has 0 aliphatic heterocycles. The van der Waals surface area contributed by atoms with Crippen molar-refractivity contribution in [2.24, 2.45) is 0 Å². The van der Waals surface area contributed by atoms with E-state index in [0.717, 1.165) is 11.1 Å². The Kier molecular flexibility index (Phi) is 8.03. The van der Waals surface area contributed by atoms with E-state index < -0.39 is 10.0 Å². The molecule has 32 heavy (non-hydrogen) atoms. The molecule has 3 aromatic carbocycles. The van der Waals surface area contributed by atoms with Crippen molar-refractivity contribution in [2.45, 2.75) is 31.3 Å². The van der Waals surface area contributed by atoms with Gasteiger partial charge >= 0.3 is 0 Å². The lowest BCUT2D eigenvalue weighted by Gasteiger charge is -2.24. The molecule has 168 valence electrons. The average molecular weight is 453 g/mol. The summed E-state index contributed by atoms with van der Waals surface area (Å²) >= 11 is 0. The zero-order chi connectivity index (χ0) is 23.0. The van der Waals surface area contributed by atoms with Crippen LogP contribution in [0.2, 0.25) is 0 Å². The highest BCUT2D eigenvalue weighted by molar-refractivity contribution is 7.89. The number of methoxy groups -OCH3 is 1. The summed E-state index contributed by atoms with van der Waals surface area (Å²) < 4.78 is 33.4. The molecule has 3 aromatic rings. The van der Waals surface area contributed by atoms with Gasteiger partial charge in [-0.2, -0.15) is 0 Å².